The fourth-order valence-corrected chi connectivity index (χ4v) is 4.51. The van der Waals surface area contributed by atoms with Gasteiger partial charge in [0.15, 0.2) is 15.8 Å². The van der Waals surface area contributed by atoms with Gasteiger partial charge in [-0.1, -0.05) is 33.1 Å². The van der Waals surface area contributed by atoms with E-state index in [1.165, 1.54) is 32.1 Å². The van der Waals surface area contributed by atoms with Gasteiger partial charge >= 0.3 is 0 Å². The molecule has 0 saturated carbocycles. The first kappa shape index (κ1) is 20.3. The van der Waals surface area contributed by atoms with Crippen LogP contribution in [-0.2, 0) is 9.84 Å². The topological polar surface area (TPSA) is 61.8 Å². The van der Waals surface area contributed by atoms with E-state index in [2.05, 4.69) is 29.1 Å². The third-order valence-corrected chi connectivity index (χ3v) is 7.30. The van der Waals surface area contributed by atoms with Crippen LogP contribution in [0.15, 0.2) is 4.99 Å². The summed E-state index contributed by atoms with van der Waals surface area (Å²) in [5.74, 6) is 1.71. The van der Waals surface area contributed by atoms with Crippen LogP contribution < -0.4 is 5.32 Å². The lowest BCUT2D eigenvalue weighted by atomic mass is 9.97. The van der Waals surface area contributed by atoms with E-state index in [0.717, 1.165) is 12.5 Å². The van der Waals surface area contributed by atoms with Crippen LogP contribution in [0.5, 0.6) is 0 Å². The lowest BCUT2D eigenvalue weighted by Crippen LogP contribution is -2.57. The number of sulfone groups is 1. The van der Waals surface area contributed by atoms with E-state index < -0.39 is 14.6 Å². The first-order valence-electron chi connectivity index (χ1n) is 8.95. The fraction of sp³-hybridized carbons (Fsp3) is 0.941. The lowest BCUT2D eigenvalue weighted by molar-refractivity contribution is 0.345. The highest BCUT2D eigenvalue weighted by Gasteiger charge is 2.40. The van der Waals surface area contributed by atoms with Crippen LogP contribution in [0.3, 0.4) is 0 Å². The molecule has 1 aliphatic heterocycles. The lowest BCUT2D eigenvalue weighted by Gasteiger charge is -2.39. The molecular formula is C17H35N3O2S. The third-order valence-electron chi connectivity index (χ3n) is 4.77. The van der Waals surface area contributed by atoms with Gasteiger partial charge in [0.25, 0.3) is 0 Å². The Balaban J connectivity index is 2.64. The Bertz CT molecular complexity index is 486. The zero-order valence-corrected chi connectivity index (χ0v) is 16.4. The molecule has 0 aromatic carbocycles. The van der Waals surface area contributed by atoms with Crippen LogP contribution in [0.1, 0.15) is 59.8 Å². The molecule has 0 amide bonds. The van der Waals surface area contributed by atoms with Crippen molar-refractivity contribution in [1.29, 1.82) is 0 Å². The minimum absolute atomic E-state index is 0.203. The van der Waals surface area contributed by atoms with Crippen LogP contribution in [0.25, 0.3) is 0 Å². The first-order chi connectivity index (χ1) is 10.8. The van der Waals surface area contributed by atoms with Gasteiger partial charge in [0.2, 0.25) is 0 Å². The normalized spacial score (nSPS) is 22.0. The van der Waals surface area contributed by atoms with E-state index in [4.69, 9.17) is 0 Å². The van der Waals surface area contributed by atoms with Crippen molar-refractivity contribution in [2.75, 3.05) is 32.4 Å². The average molecular weight is 346 g/mol. The minimum atomic E-state index is -3.01. The molecule has 1 atom stereocenters. The molecule has 1 aliphatic rings. The molecule has 23 heavy (non-hydrogen) atoms. The fourth-order valence-electron chi connectivity index (χ4n) is 3.14. The van der Waals surface area contributed by atoms with Crippen molar-refractivity contribution >= 4 is 15.8 Å². The molecule has 0 aliphatic carbocycles. The summed E-state index contributed by atoms with van der Waals surface area (Å²) >= 11 is 0. The number of unbranched alkanes of at least 4 members (excludes halogenated alkanes) is 1. The van der Waals surface area contributed by atoms with Crippen LogP contribution in [0.2, 0.25) is 0 Å². The minimum Gasteiger partial charge on any atom is -0.356 e. The van der Waals surface area contributed by atoms with Gasteiger partial charge in [0, 0.05) is 26.7 Å². The van der Waals surface area contributed by atoms with Crippen molar-refractivity contribution in [3.8, 4) is 0 Å². The summed E-state index contributed by atoms with van der Waals surface area (Å²) < 4.78 is 23.6. The summed E-state index contributed by atoms with van der Waals surface area (Å²) in [6.07, 6.45) is 6.16. The summed E-state index contributed by atoms with van der Waals surface area (Å²) in [5.41, 5.74) is 0. The van der Waals surface area contributed by atoms with Gasteiger partial charge in [0.05, 0.1) is 10.5 Å². The number of rotatable bonds is 7. The number of nitrogens with zero attached hydrogens (tertiary/aromatic N) is 2. The van der Waals surface area contributed by atoms with E-state index in [9.17, 15) is 8.42 Å². The number of hydrogen-bond acceptors (Lipinski definition) is 3. The van der Waals surface area contributed by atoms with E-state index in [1.807, 2.05) is 13.8 Å². The molecule has 0 aromatic rings. The van der Waals surface area contributed by atoms with Gasteiger partial charge in [-0.25, -0.2) is 8.42 Å². The predicted octanol–water partition coefficient (Wildman–Crippen LogP) is 2.68. The maximum atomic E-state index is 12.1. The molecule has 5 nitrogen and oxygen atoms in total. The molecule has 1 heterocycles. The maximum absolute atomic E-state index is 12.1. The van der Waals surface area contributed by atoms with Gasteiger partial charge in [-0.05, 0) is 32.6 Å². The summed E-state index contributed by atoms with van der Waals surface area (Å²) in [5, 5.41) is 3.48. The summed E-state index contributed by atoms with van der Waals surface area (Å²) in [4.78, 5) is 6.46. The van der Waals surface area contributed by atoms with Crippen molar-refractivity contribution in [3.63, 3.8) is 0 Å². The van der Waals surface area contributed by atoms with Crippen LogP contribution in [-0.4, -0.2) is 56.5 Å². The van der Waals surface area contributed by atoms with Gasteiger partial charge in [-0.3, -0.25) is 4.99 Å². The van der Waals surface area contributed by atoms with Crippen molar-refractivity contribution in [2.45, 2.75) is 64.5 Å². The molecule has 6 heteroatoms. The smallest absolute Gasteiger partial charge is 0.193 e. The van der Waals surface area contributed by atoms with Crippen LogP contribution in [0.4, 0.5) is 0 Å². The molecule has 136 valence electrons. The summed E-state index contributed by atoms with van der Waals surface area (Å²) in [7, 11) is -1.23. The molecule has 1 saturated heterocycles. The number of nitrogens with one attached hydrogen (secondary N) is 1. The average Bonchev–Trinajstić information content (AvgIpc) is 2.48. The second-order valence-electron chi connectivity index (χ2n) is 7.23. The van der Waals surface area contributed by atoms with E-state index in [0.29, 0.717) is 19.0 Å². The van der Waals surface area contributed by atoms with Crippen molar-refractivity contribution < 1.29 is 8.42 Å². The predicted molar refractivity (Wildman–Crippen MR) is 98.7 cm³/mol. The van der Waals surface area contributed by atoms with Gasteiger partial charge in [-0.2, -0.15) is 0 Å². The molecule has 0 spiro atoms. The second-order valence-corrected chi connectivity index (χ2v) is 9.97. The molecule has 1 rings (SSSR count). The highest BCUT2D eigenvalue weighted by atomic mass is 32.2. The number of guanidine groups is 1. The van der Waals surface area contributed by atoms with Crippen molar-refractivity contribution in [2.24, 2.45) is 10.9 Å². The van der Waals surface area contributed by atoms with E-state index in [1.54, 1.807) is 7.05 Å². The summed E-state index contributed by atoms with van der Waals surface area (Å²) in [6, 6.07) is 0. The highest BCUT2D eigenvalue weighted by molar-refractivity contribution is 7.92. The molecule has 0 aromatic heterocycles. The van der Waals surface area contributed by atoms with Crippen molar-refractivity contribution in [3.05, 3.63) is 0 Å². The number of aliphatic imine (C=N–C) groups is 1. The summed E-state index contributed by atoms with van der Waals surface area (Å²) in [6.45, 7) is 10.0. The second kappa shape index (κ2) is 8.90. The standard InChI is InChI=1S/C17H35N3O2S/c1-6-8-10-15(9-7-2)13-19-16(18-5)20-11-12-23(21,22)17(3,4)14-20/h15H,6-14H2,1-5H3,(H,18,19). The molecule has 1 unspecified atom stereocenters. The first-order valence-corrected chi connectivity index (χ1v) is 10.6. The Kier molecular flexibility index (Phi) is 7.84. The zero-order valence-electron chi connectivity index (χ0n) is 15.6. The number of hydrogen-bond donors (Lipinski definition) is 1. The monoisotopic (exact) mass is 345 g/mol. The van der Waals surface area contributed by atoms with E-state index in [-0.39, 0.29) is 5.75 Å². The van der Waals surface area contributed by atoms with Crippen molar-refractivity contribution in [1.82, 2.24) is 10.2 Å². The van der Waals surface area contributed by atoms with E-state index >= 15 is 0 Å². The third kappa shape index (κ3) is 5.66. The largest absolute Gasteiger partial charge is 0.356 e. The molecule has 1 N–H and O–H groups in total. The van der Waals surface area contributed by atoms with Gasteiger partial charge in [0.1, 0.15) is 0 Å². The zero-order chi connectivity index (χ0) is 17.5. The molecule has 0 radical (unpaired) electrons. The van der Waals surface area contributed by atoms with Gasteiger partial charge in [-0.15, -0.1) is 0 Å². The molecular weight excluding hydrogens is 310 g/mol. The Morgan fingerprint density at radius 3 is 2.48 bits per heavy atom. The Morgan fingerprint density at radius 2 is 1.96 bits per heavy atom. The Hall–Kier alpha value is -0.780. The SMILES string of the molecule is CCCCC(CCC)CNC(=NC)N1CCS(=O)(=O)C(C)(C)C1. The van der Waals surface area contributed by atoms with Gasteiger partial charge < -0.3 is 10.2 Å². The maximum Gasteiger partial charge on any atom is 0.193 e. The Labute approximate surface area is 142 Å². The Morgan fingerprint density at radius 1 is 1.26 bits per heavy atom. The molecule has 1 fully saturated rings. The van der Waals surface area contributed by atoms with Crippen LogP contribution in [0, 0.1) is 5.92 Å². The van der Waals surface area contributed by atoms with Crippen LogP contribution >= 0.6 is 0 Å². The molecule has 0 bridgehead atoms. The quantitative estimate of drug-likeness (QED) is 0.569. The highest BCUT2D eigenvalue weighted by Crippen LogP contribution is 2.23.